The first kappa shape index (κ1) is 18.9. The van der Waals surface area contributed by atoms with E-state index < -0.39 is 11.9 Å². The fourth-order valence-corrected chi connectivity index (χ4v) is 3.05. The average Bonchev–Trinajstić information content (AvgIpc) is 2.66. The number of nitrogens with zero attached hydrogens (tertiary/aromatic N) is 3. The molecule has 1 amide bonds. The van der Waals surface area contributed by atoms with Crippen molar-refractivity contribution in [3.05, 3.63) is 47.8 Å². The molecule has 1 aromatic carbocycles. The zero-order chi connectivity index (χ0) is 19.4. The zero-order valence-electron chi connectivity index (χ0n) is 14.5. The van der Waals surface area contributed by atoms with Crippen molar-refractivity contribution >= 4 is 17.5 Å². The number of hydrogen-bond donors (Lipinski definition) is 2. The van der Waals surface area contributed by atoms with Crippen LogP contribution in [0.15, 0.2) is 36.5 Å². The van der Waals surface area contributed by atoms with Gasteiger partial charge in [-0.05, 0) is 36.6 Å². The normalized spacial score (nSPS) is 17.6. The third-order valence-corrected chi connectivity index (χ3v) is 4.52. The monoisotopic (exact) mass is 379 g/mol. The van der Waals surface area contributed by atoms with Gasteiger partial charge in [-0.1, -0.05) is 12.1 Å². The van der Waals surface area contributed by atoms with Gasteiger partial charge >= 0.3 is 6.18 Å². The summed E-state index contributed by atoms with van der Waals surface area (Å²) >= 11 is 0. The average molecular weight is 379 g/mol. The summed E-state index contributed by atoms with van der Waals surface area (Å²) < 4.78 is 38.0. The van der Waals surface area contributed by atoms with Gasteiger partial charge in [0.25, 0.3) is 0 Å². The number of halogens is 3. The van der Waals surface area contributed by atoms with Crippen LogP contribution in [0.25, 0.3) is 0 Å². The standard InChI is InChI=1S/C18H20F3N5O/c19-18(20,21)15-7-8-23-17(25-15)24-10-12-3-5-14(6-4-12)26-9-1-2-13(11-26)16(22)27/h3-8,13H,1-2,9-11H2,(H2,22,27)(H,23,24,25)/t13-/m1/s1. The third-order valence-electron chi connectivity index (χ3n) is 4.52. The topological polar surface area (TPSA) is 84.1 Å². The van der Waals surface area contributed by atoms with Gasteiger partial charge in [0.15, 0.2) is 0 Å². The fourth-order valence-electron chi connectivity index (χ4n) is 3.05. The highest BCUT2D eigenvalue weighted by atomic mass is 19.4. The lowest BCUT2D eigenvalue weighted by Crippen LogP contribution is -2.41. The molecule has 1 aromatic heterocycles. The first-order chi connectivity index (χ1) is 12.8. The molecule has 6 nitrogen and oxygen atoms in total. The van der Waals surface area contributed by atoms with E-state index in [-0.39, 0.29) is 17.8 Å². The number of nitrogens with two attached hydrogens (primary N) is 1. The lowest BCUT2D eigenvalue weighted by molar-refractivity contribution is -0.141. The van der Waals surface area contributed by atoms with Gasteiger partial charge in [0.2, 0.25) is 11.9 Å². The third kappa shape index (κ3) is 4.87. The van der Waals surface area contributed by atoms with Crippen molar-refractivity contribution < 1.29 is 18.0 Å². The Labute approximate surface area is 154 Å². The molecule has 2 aromatic rings. The molecular formula is C18H20F3N5O. The van der Waals surface area contributed by atoms with Gasteiger partial charge in [-0.15, -0.1) is 0 Å². The van der Waals surface area contributed by atoms with Crippen LogP contribution in [0, 0.1) is 5.92 Å². The molecule has 1 aliphatic heterocycles. The van der Waals surface area contributed by atoms with E-state index in [1.807, 2.05) is 24.3 Å². The smallest absolute Gasteiger partial charge is 0.371 e. The second-order valence-electron chi connectivity index (χ2n) is 6.47. The molecule has 27 heavy (non-hydrogen) atoms. The quantitative estimate of drug-likeness (QED) is 0.835. The Morgan fingerprint density at radius 3 is 2.67 bits per heavy atom. The molecule has 3 rings (SSSR count). The number of anilines is 2. The molecule has 1 aliphatic rings. The van der Waals surface area contributed by atoms with Crippen LogP contribution < -0.4 is 16.0 Å². The van der Waals surface area contributed by atoms with Crippen molar-refractivity contribution in [2.24, 2.45) is 11.7 Å². The Bertz CT molecular complexity index is 794. The summed E-state index contributed by atoms with van der Waals surface area (Å²) in [4.78, 5) is 20.8. The summed E-state index contributed by atoms with van der Waals surface area (Å²) in [6.45, 7) is 1.76. The SMILES string of the molecule is NC(=O)[C@@H]1CCCN(c2ccc(CNc3nccc(C(F)(F)F)n3)cc2)C1. The number of carbonyl (C=O) groups excluding carboxylic acids is 1. The van der Waals surface area contributed by atoms with Crippen molar-refractivity contribution in [2.75, 3.05) is 23.3 Å². The van der Waals surface area contributed by atoms with Crippen LogP contribution >= 0.6 is 0 Å². The highest BCUT2D eigenvalue weighted by Crippen LogP contribution is 2.27. The molecule has 0 spiro atoms. The lowest BCUT2D eigenvalue weighted by atomic mass is 9.97. The van der Waals surface area contributed by atoms with E-state index in [4.69, 9.17) is 5.73 Å². The molecule has 1 saturated heterocycles. The lowest BCUT2D eigenvalue weighted by Gasteiger charge is -2.33. The molecule has 9 heteroatoms. The van der Waals surface area contributed by atoms with E-state index in [0.717, 1.165) is 42.9 Å². The van der Waals surface area contributed by atoms with E-state index in [9.17, 15) is 18.0 Å². The summed E-state index contributed by atoms with van der Waals surface area (Å²) in [5, 5.41) is 2.80. The van der Waals surface area contributed by atoms with Crippen LogP contribution in [0.3, 0.4) is 0 Å². The van der Waals surface area contributed by atoms with Gasteiger partial charge < -0.3 is 16.0 Å². The summed E-state index contributed by atoms with van der Waals surface area (Å²) in [5.74, 6) is -0.492. The van der Waals surface area contributed by atoms with Crippen LogP contribution in [-0.4, -0.2) is 29.0 Å². The predicted octanol–water partition coefficient (Wildman–Crippen LogP) is 2.81. The second-order valence-corrected chi connectivity index (χ2v) is 6.47. The Morgan fingerprint density at radius 2 is 2.00 bits per heavy atom. The number of amides is 1. The van der Waals surface area contributed by atoms with Crippen molar-refractivity contribution in [1.29, 1.82) is 0 Å². The van der Waals surface area contributed by atoms with Crippen molar-refractivity contribution in [3.8, 4) is 0 Å². The van der Waals surface area contributed by atoms with Gasteiger partial charge in [0, 0.05) is 31.5 Å². The molecule has 2 heterocycles. The number of hydrogen-bond acceptors (Lipinski definition) is 5. The molecule has 0 radical (unpaired) electrons. The maximum atomic E-state index is 12.7. The number of carbonyl (C=O) groups is 1. The minimum Gasteiger partial charge on any atom is -0.371 e. The number of benzene rings is 1. The Hall–Kier alpha value is -2.84. The van der Waals surface area contributed by atoms with Gasteiger partial charge in [0.1, 0.15) is 5.69 Å². The Morgan fingerprint density at radius 1 is 1.26 bits per heavy atom. The number of nitrogens with one attached hydrogen (secondary N) is 1. The number of aromatic nitrogens is 2. The van der Waals surface area contributed by atoms with Crippen LogP contribution in [0.2, 0.25) is 0 Å². The molecule has 0 bridgehead atoms. The number of primary amides is 1. The van der Waals surface area contributed by atoms with Gasteiger partial charge in [-0.3, -0.25) is 4.79 Å². The summed E-state index contributed by atoms with van der Waals surface area (Å²) in [7, 11) is 0. The summed E-state index contributed by atoms with van der Waals surface area (Å²) in [6, 6.07) is 8.44. The minimum absolute atomic E-state index is 0.0748. The van der Waals surface area contributed by atoms with E-state index in [2.05, 4.69) is 20.2 Å². The van der Waals surface area contributed by atoms with Crippen molar-refractivity contribution in [1.82, 2.24) is 9.97 Å². The molecule has 0 unspecified atom stereocenters. The zero-order valence-corrected chi connectivity index (χ0v) is 14.5. The summed E-state index contributed by atoms with van der Waals surface area (Å²) in [6.07, 6.45) is -1.71. The van der Waals surface area contributed by atoms with Crippen molar-refractivity contribution in [2.45, 2.75) is 25.6 Å². The van der Waals surface area contributed by atoms with E-state index in [1.165, 1.54) is 0 Å². The Kier molecular flexibility index (Phi) is 5.48. The highest BCUT2D eigenvalue weighted by molar-refractivity contribution is 5.77. The molecule has 3 N–H and O–H groups in total. The highest BCUT2D eigenvalue weighted by Gasteiger charge is 2.32. The first-order valence-corrected chi connectivity index (χ1v) is 8.60. The van der Waals surface area contributed by atoms with E-state index in [1.54, 1.807) is 0 Å². The fraction of sp³-hybridized carbons (Fsp3) is 0.389. The van der Waals surface area contributed by atoms with Gasteiger partial charge in [-0.2, -0.15) is 13.2 Å². The van der Waals surface area contributed by atoms with Crippen LogP contribution in [-0.2, 0) is 17.5 Å². The first-order valence-electron chi connectivity index (χ1n) is 8.60. The van der Waals surface area contributed by atoms with Crippen LogP contribution in [0.4, 0.5) is 24.8 Å². The van der Waals surface area contributed by atoms with Crippen molar-refractivity contribution in [3.63, 3.8) is 0 Å². The van der Waals surface area contributed by atoms with Gasteiger partial charge in [0.05, 0.1) is 5.92 Å². The van der Waals surface area contributed by atoms with E-state index >= 15 is 0 Å². The largest absolute Gasteiger partial charge is 0.433 e. The second kappa shape index (κ2) is 7.81. The number of alkyl halides is 3. The molecule has 144 valence electrons. The molecule has 1 fully saturated rings. The van der Waals surface area contributed by atoms with Gasteiger partial charge in [-0.25, -0.2) is 9.97 Å². The minimum atomic E-state index is -4.50. The Balaban J connectivity index is 1.61. The van der Waals surface area contributed by atoms with E-state index in [0.29, 0.717) is 13.1 Å². The summed E-state index contributed by atoms with van der Waals surface area (Å²) in [5.41, 5.74) is 6.29. The maximum Gasteiger partial charge on any atom is 0.433 e. The molecule has 1 atom stereocenters. The van der Waals surface area contributed by atoms with Crippen LogP contribution in [0.1, 0.15) is 24.1 Å². The number of piperidine rings is 1. The molecule has 0 saturated carbocycles. The maximum absolute atomic E-state index is 12.7. The predicted molar refractivity (Wildman–Crippen MR) is 94.9 cm³/mol. The van der Waals surface area contributed by atoms with Crippen LogP contribution in [0.5, 0.6) is 0 Å². The molecule has 0 aliphatic carbocycles. The number of rotatable bonds is 5. The molecular weight excluding hydrogens is 359 g/mol.